The van der Waals surface area contributed by atoms with Gasteiger partial charge in [0.25, 0.3) is 0 Å². The zero-order chi connectivity index (χ0) is 10.5. The lowest BCUT2D eigenvalue weighted by Crippen LogP contribution is -2.48. The molecule has 0 amide bonds. The van der Waals surface area contributed by atoms with Gasteiger partial charge >= 0.3 is 0 Å². The third-order valence-corrected chi connectivity index (χ3v) is 4.31. The van der Waals surface area contributed by atoms with Gasteiger partial charge in [-0.2, -0.15) is 0 Å². The molecule has 1 saturated heterocycles. The van der Waals surface area contributed by atoms with Crippen molar-refractivity contribution in [1.29, 1.82) is 0 Å². The third kappa shape index (κ3) is 1.60. The Morgan fingerprint density at radius 3 is 2.14 bits per heavy atom. The highest BCUT2D eigenvalue weighted by Gasteiger charge is 2.48. The van der Waals surface area contributed by atoms with Crippen molar-refractivity contribution in [3.63, 3.8) is 0 Å². The minimum absolute atomic E-state index is 0.390. The first-order valence-corrected chi connectivity index (χ1v) is 6.16. The van der Waals surface area contributed by atoms with E-state index in [-0.39, 0.29) is 0 Å². The number of hydrogen-bond donors (Lipinski definition) is 0. The van der Waals surface area contributed by atoms with Crippen molar-refractivity contribution in [3.8, 4) is 0 Å². The second kappa shape index (κ2) is 3.23. The Morgan fingerprint density at radius 2 is 1.79 bits per heavy atom. The van der Waals surface area contributed by atoms with Crippen molar-refractivity contribution in [2.24, 2.45) is 17.8 Å². The lowest BCUT2D eigenvalue weighted by Gasteiger charge is -2.41. The highest BCUT2D eigenvalue weighted by atomic mass is 15.2. The molecule has 0 aromatic heterocycles. The predicted octanol–water partition coefficient (Wildman–Crippen LogP) is 3.15. The van der Waals surface area contributed by atoms with Gasteiger partial charge in [0.15, 0.2) is 0 Å². The number of rotatable bonds is 1. The van der Waals surface area contributed by atoms with Crippen molar-refractivity contribution in [2.75, 3.05) is 6.54 Å². The van der Waals surface area contributed by atoms with Crippen molar-refractivity contribution in [1.82, 2.24) is 4.90 Å². The Balaban J connectivity index is 2.03. The number of fused-ring (bicyclic) bond motifs is 2. The highest BCUT2D eigenvalue weighted by molar-refractivity contribution is 5.01. The summed E-state index contributed by atoms with van der Waals surface area (Å²) in [7, 11) is 0. The molecule has 1 aliphatic carbocycles. The van der Waals surface area contributed by atoms with Gasteiger partial charge in [-0.15, -0.1) is 0 Å². The van der Waals surface area contributed by atoms with Crippen LogP contribution in [0, 0.1) is 17.8 Å². The first-order valence-electron chi connectivity index (χ1n) is 6.16. The normalized spacial score (nSPS) is 38.6. The van der Waals surface area contributed by atoms with Gasteiger partial charge in [-0.25, -0.2) is 0 Å². The standard InChI is InChI=1S/C13H25N/c1-9(2)12-7-11-6-10(12)8-14(11)13(3,4)5/h9-12H,6-8H2,1-5H3/t10?,11-,12?/m0/s1. The van der Waals surface area contributed by atoms with E-state index in [0.717, 1.165) is 23.8 Å². The summed E-state index contributed by atoms with van der Waals surface area (Å²) in [5.41, 5.74) is 0.390. The molecule has 1 heterocycles. The molecule has 2 unspecified atom stereocenters. The van der Waals surface area contributed by atoms with E-state index >= 15 is 0 Å². The molecule has 14 heavy (non-hydrogen) atoms. The molecule has 1 nitrogen and oxygen atoms in total. The fourth-order valence-corrected chi connectivity index (χ4v) is 3.63. The van der Waals surface area contributed by atoms with Crippen LogP contribution in [0.4, 0.5) is 0 Å². The minimum atomic E-state index is 0.390. The van der Waals surface area contributed by atoms with Crippen LogP contribution in [0.2, 0.25) is 0 Å². The van der Waals surface area contributed by atoms with Crippen LogP contribution in [0.5, 0.6) is 0 Å². The molecule has 2 aliphatic rings. The van der Waals surface area contributed by atoms with E-state index in [4.69, 9.17) is 0 Å². The predicted molar refractivity (Wildman–Crippen MR) is 61.3 cm³/mol. The van der Waals surface area contributed by atoms with E-state index in [0.29, 0.717) is 5.54 Å². The van der Waals surface area contributed by atoms with E-state index in [1.165, 1.54) is 19.4 Å². The maximum Gasteiger partial charge on any atom is 0.0128 e. The van der Waals surface area contributed by atoms with Crippen LogP contribution in [0.1, 0.15) is 47.5 Å². The molecule has 0 spiro atoms. The Kier molecular flexibility index (Phi) is 2.42. The SMILES string of the molecule is CC(C)C1C[C@@H]2CC1CN2C(C)(C)C. The fourth-order valence-electron chi connectivity index (χ4n) is 3.63. The molecule has 82 valence electrons. The summed E-state index contributed by atoms with van der Waals surface area (Å²) < 4.78 is 0. The van der Waals surface area contributed by atoms with Gasteiger partial charge in [-0.05, 0) is 51.4 Å². The summed E-state index contributed by atoms with van der Waals surface area (Å²) in [5, 5.41) is 0. The van der Waals surface area contributed by atoms with Crippen molar-refractivity contribution >= 4 is 0 Å². The average molecular weight is 195 g/mol. The van der Waals surface area contributed by atoms with Gasteiger partial charge in [0.1, 0.15) is 0 Å². The van der Waals surface area contributed by atoms with E-state index in [9.17, 15) is 0 Å². The molecular weight excluding hydrogens is 170 g/mol. The minimum Gasteiger partial charge on any atom is -0.295 e. The molecule has 2 bridgehead atoms. The summed E-state index contributed by atoms with van der Waals surface area (Å²) in [5.74, 6) is 2.91. The summed E-state index contributed by atoms with van der Waals surface area (Å²) in [6.07, 6.45) is 2.93. The second-order valence-electron chi connectivity index (χ2n) is 6.62. The Morgan fingerprint density at radius 1 is 1.14 bits per heavy atom. The molecule has 1 heteroatoms. The topological polar surface area (TPSA) is 3.24 Å². The Bertz CT molecular complexity index is 214. The van der Waals surface area contributed by atoms with Crippen molar-refractivity contribution in [2.45, 2.75) is 59.0 Å². The lowest BCUT2D eigenvalue weighted by molar-refractivity contribution is 0.0669. The first-order chi connectivity index (χ1) is 6.39. The van der Waals surface area contributed by atoms with E-state index in [1.807, 2.05) is 0 Å². The number of hydrogen-bond acceptors (Lipinski definition) is 1. The van der Waals surface area contributed by atoms with Crippen molar-refractivity contribution in [3.05, 3.63) is 0 Å². The van der Waals surface area contributed by atoms with E-state index in [1.54, 1.807) is 0 Å². The molecule has 1 aliphatic heterocycles. The summed E-state index contributed by atoms with van der Waals surface area (Å²) >= 11 is 0. The van der Waals surface area contributed by atoms with Crippen LogP contribution in [-0.2, 0) is 0 Å². The van der Waals surface area contributed by atoms with Gasteiger partial charge in [-0.1, -0.05) is 13.8 Å². The largest absolute Gasteiger partial charge is 0.295 e. The van der Waals surface area contributed by atoms with Gasteiger partial charge in [0, 0.05) is 18.1 Å². The number of nitrogens with zero attached hydrogens (tertiary/aromatic N) is 1. The van der Waals surface area contributed by atoms with Gasteiger partial charge in [0.2, 0.25) is 0 Å². The molecule has 0 aromatic rings. The Hall–Kier alpha value is -0.0400. The van der Waals surface area contributed by atoms with Gasteiger partial charge in [-0.3, -0.25) is 4.90 Å². The molecule has 2 fully saturated rings. The first kappa shape index (κ1) is 10.5. The van der Waals surface area contributed by atoms with Crippen LogP contribution in [0.15, 0.2) is 0 Å². The Labute approximate surface area is 88.9 Å². The quantitative estimate of drug-likeness (QED) is 0.621. The third-order valence-electron chi connectivity index (χ3n) is 4.31. The molecule has 0 N–H and O–H groups in total. The van der Waals surface area contributed by atoms with E-state index < -0.39 is 0 Å². The monoisotopic (exact) mass is 195 g/mol. The van der Waals surface area contributed by atoms with Crippen molar-refractivity contribution < 1.29 is 0 Å². The molecule has 0 radical (unpaired) electrons. The number of piperidine rings is 1. The molecule has 1 saturated carbocycles. The zero-order valence-electron chi connectivity index (χ0n) is 10.4. The summed E-state index contributed by atoms with van der Waals surface area (Å²) in [6.45, 7) is 13.2. The smallest absolute Gasteiger partial charge is 0.0128 e. The molecular formula is C13H25N. The van der Waals surface area contributed by atoms with Crippen LogP contribution >= 0.6 is 0 Å². The molecule has 0 aromatic carbocycles. The second-order valence-corrected chi connectivity index (χ2v) is 6.62. The van der Waals surface area contributed by atoms with E-state index in [2.05, 4.69) is 39.5 Å². The van der Waals surface area contributed by atoms with Crippen LogP contribution < -0.4 is 0 Å². The summed E-state index contributed by atoms with van der Waals surface area (Å²) in [6, 6.07) is 0.896. The van der Waals surface area contributed by atoms with Gasteiger partial charge < -0.3 is 0 Å². The molecule has 2 rings (SSSR count). The van der Waals surface area contributed by atoms with Gasteiger partial charge in [0.05, 0.1) is 0 Å². The lowest BCUT2D eigenvalue weighted by atomic mass is 9.84. The molecule has 3 atom stereocenters. The highest BCUT2D eigenvalue weighted by Crippen LogP contribution is 2.47. The maximum atomic E-state index is 2.73. The number of likely N-dealkylation sites (tertiary alicyclic amines) is 1. The van der Waals surface area contributed by atoms with Crippen LogP contribution in [-0.4, -0.2) is 23.0 Å². The fraction of sp³-hybridized carbons (Fsp3) is 1.00. The van der Waals surface area contributed by atoms with Crippen LogP contribution in [0.25, 0.3) is 0 Å². The average Bonchev–Trinajstić information content (AvgIpc) is 2.58. The van der Waals surface area contributed by atoms with Crippen LogP contribution in [0.3, 0.4) is 0 Å². The maximum absolute atomic E-state index is 2.73. The zero-order valence-corrected chi connectivity index (χ0v) is 10.4. The summed E-state index contributed by atoms with van der Waals surface area (Å²) in [4.78, 5) is 2.73.